The Morgan fingerprint density at radius 2 is 2.33 bits per heavy atom. The van der Waals surface area contributed by atoms with E-state index in [1.54, 1.807) is 17.3 Å². The van der Waals surface area contributed by atoms with Gasteiger partial charge in [0, 0.05) is 18.9 Å². The molecule has 0 aliphatic carbocycles. The van der Waals surface area contributed by atoms with Gasteiger partial charge in [-0.25, -0.2) is 9.97 Å². The van der Waals surface area contributed by atoms with Crippen LogP contribution in [0.1, 0.15) is 6.42 Å². The standard InChI is InChI=1S/C10H10IN3O/c1-2-7-3-10(15)14(6-7)9-5-12-8(11)4-13-9/h2,4-5,7H,1,3,6H2. The van der Waals surface area contributed by atoms with Gasteiger partial charge in [-0.15, -0.1) is 6.58 Å². The Hall–Kier alpha value is -0.980. The molecular weight excluding hydrogens is 305 g/mol. The number of nitrogens with zero attached hydrogens (tertiary/aromatic N) is 3. The maximum Gasteiger partial charge on any atom is 0.228 e. The summed E-state index contributed by atoms with van der Waals surface area (Å²) in [4.78, 5) is 21.6. The Kier molecular flexibility index (Phi) is 2.99. The number of rotatable bonds is 2. The summed E-state index contributed by atoms with van der Waals surface area (Å²) in [5.74, 6) is 0.957. The Morgan fingerprint density at radius 1 is 1.53 bits per heavy atom. The Labute approximate surface area is 102 Å². The monoisotopic (exact) mass is 315 g/mol. The quantitative estimate of drug-likeness (QED) is 0.615. The van der Waals surface area contributed by atoms with Crippen LogP contribution < -0.4 is 4.90 Å². The van der Waals surface area contributed by atoms with Gasteiger partial charge in [-0.2, -0.15) is 0 Å². The normalized spacial score (nSPS) is 20.7. The number of anilines is 1. The van der Waals surface area contributed by atoms with E-state index < -0.39 is 0 Å². The molecule has 4 nitrogen and oxygen atoms in total. The van der Waals surface area contributed by atoms with Crippen LogP contribution in [0.15, 0.2) is 25.0 Å². The van der Waals surface area contributed by atoms with Crippen molar-refractivity contribution in [2.24, 2.45) is 5.92 Å². The number of carbonyl (C=O) groups excluding carboxylic acids is 1. The second-order valence-corrected chi connectivity index (χ2v) is 4.51. The highest BCUT2D eigenvalue weighted by atomic mass is 127. The molecule has 1 aromatic rings. The summed E-state index contributed by atoms with van der Waals surface area (Å²) in [5.41, 5.74) is 0. The molecule has 0 bridgehead atoms. The fraction of sp³-hybridized carbons (Fsp3) is 0.300. The van der Waals surface area contributed by atoms with Gasteiger partial charge in [0.25, 0.3) is 0 Å². The van der Waals surface area contributed by atoms with Gasteiger partial charge in [-0.05, 0) is 22.6 Å². The summed E-state index contributed by atoms with van der Waals surface area (Å²) in [6.07, 6.45) is 5.63. The lowest BCUT2D eigenvalue weighted by molar-refractivity contribution is -0.117. The molecule has 1 aromatic heterocycles. The van der Waals surface area contributed by atoms with Crippen molar-refractivity contribution in [3.63, 3.8) is 0 Å². The van der Waals surface area contributed by atoms with Crippen molar-refractivity contribution >= 4 is 34.3 Å². The largest absolute Gasteiger partial charge is 0.295 e. The van der Waals surface area contributed by atoms with Gasteiger partial charge in [0.2, 0.25) is 5.91 Å². The Morgan fingerprint density at radius 3 is 2.87 bits per heavy atom. The van der Waals surface area contributed by atoms with E-state index in [0.29, 0.717) is 18.8 Å². The van der Waals surface area contributed by atoms with Crippen LogP contribution in [0.4, 0.5) is 5.82 Å². The van der Waals surface area contributed by atoms with Crippen LogP contribution in [0.25, 0.3) is 0 Å². The van der Waals surface area contributed by atoms with Crippen molar-refractivity contribution in [2.75, 3.05) is 11.4 Å². The molecule has 1 atom stereocenters. The third-order valence-electron chi connectivity index (χ3n) is 2.37. The minimum absolute atomic E-state index is 0.0930. The van der Waals surface area contributed by atoms with Crippen molar-refractivity contribution in [1.82, 2.24) is 9.97 Å². The molecule has 0 spiro atoms. The fourth-order valence-corrected chi connectivity index (χ4v) is 1.84. The zero-order valence-corrected chi connectivity index (χ0v) is 10.2. The van der Waals surface area contributed by atoms with Gasteiger partial charge >= 0.3 is 0 Å². The smallest absolute Gasteiger partial charge is 0.228 e. The minimum Gasteiger partial charge on any atom is -0.295 e. The first kappa shape index (κ1) is 10.5. The third kappa shape index (κ3) is 2.17. The van der Waals surface area contributed by atoms with Crippen molar-refractivity contribution in [3.05, 3.63) is 28.7 Å². The molecule has 5 heteroatoms. The van der Waals surface area contributed by atoms with E-state index in [2.05, 4.69) is 39.1 Å². The third-order valence-corrected chi connectivity index (χ3v) is 2.93. The number of halogens is 1. The summed E-state index contributed by atoms with van der Waals surface area (Å²) >= 11 is 2.08. The first-order chi connectivity index (χ1) is 7.20. The molecule has 15 heavy (non-hydrogen) atoms. The number of aromatic nitrogens is 2. The number of hydrogen-bond donors (Lipinski definition) is 0. The maximum absolute atomic E-state index is 11.6. The van der Waals surface area contributed by atoms with Gasteiger partial charge in [-0.1, -0.05) is 6.08 Å². The van der Waals surface area contributed by atoms with Crippen LogP contribution in [0.3, 0.4) is 0 Å². The van der Waals surface area contributed by atoms with E-state index in [-0.39, 0.29) is 11.8 Å². The summed E-state index contributed by atoms with van der Waals surface area (Å²) in [6, 6.07) is 0. The summed E-state index contributed by atoms with van der Waals surface area (Å²) in [5, 5.41) is 0. The SMILES string of the molecule is C=CC1CC(=O)N(c2cnc(I)cn2)C1. The average molecular weight is 315 g/mol. The molecule has 0 N–H and O–H groups in total. The highest BCUT2D eigenvalue weighted by Gasteiger charge is 2.29. The highest BCUT2D eigenvalue weighted by molar-refractivity contribution is 14.1. The van der Waals surface area contributed by atoms with Crippen LogP contribution in [0.2, 0.25) is 0 Å². The topological polar surface area (TPSA) is 46.1 Å². The Balaban J connectivity index is 2.21. The summed E-state index contributed by atoms with van der Waals surface area (Å²) in [7, 11) is 0. The van der Waals surface area contributed by atoms with Crippen LogP contribution >= 0.6 is 22.6 Å². The lowest BCUT2D eigenvalue weighted by Gasteiger charge is -2.13. The molecule has 0 radical (unpaired) electrons. The van der Waals surface area contributed by atoms with E-state index >= 15 is 0 Å². The second kappa shape index (κ2) is 4.26. The first-order valence-electron chi connectivity index (χ1n) is 4.61. The van der Waals surface area contributed by atoms with E-state index in [9.17, 15) is 4.79 Å². The molecule has 1 aliphatic heterocycles. The van der Waals surface area contributed by atoms with Crippen molar-refractivity contribution in [3.8, 4) is 0 Å². The lowest BCUT2D eigenvalue weighted by Crippen LogP contribution is -2.25. The van der Waals surface area contributed by atoms with Crippen molar-refractivity contribution in [1.29, 1.82) is 0 Å². The van der Waals surface area contributed by atoms with Crippen LogP contribution in [-0.4, -0.2) is 22.4 Å². The van der Waals surface area contributed by atoms with Gasteiger partial charge in [0.15, 0.2) is 5.82 Å². The van der Waals surface area contributed by atoms with Crippen LogP contribution in [0.5, 0.6) is 0 Å². The average Bonchev–Trinajstić information content (AvgIpc) is 2.61. The van der Waals surface area contributed by atoms with E-state index in [4.69, 9.17) is 0 Å². The molecule has 1 unspecified atom stereocenters. The van der Waals surface area contributed by atoms with E-state index in [1.807, 2.05) is 6.08 Å². The minimum atomic E-state index is 0.0930. The van der Waals surface area contributed by atoms with Crippen LogP contribution in [0, 0.1) is 9.62 Å². The molecule has 1 saturated heterocycles. The van der Waals surface area contributed by atoms with Crippen molar-refractivity contribution in [2.45, 2.75) is 6.42 Å². The number of carbonyl (C=O) groups is 1. The van der Waals surface area contributed by atoms with Gasteiger partial charge in [-0.3, -0.25) is 9.69 Å². The van der Waals surface area contributed by atoms with E-state index in [0.717, 1.165) is 3.70 Å². The molecule has 0 aromatic carbocycles. The summed E-state index contributed by atoms with van der Waals surface area (Å²) in [6.45, 7) is 4.37. The lowest BCUT2D eigenvalue weighted by atomic mass is 10.1. The number of amides is 1. The zero-order chi connectivity index (χ0) is 10.8. The highest BCUT2D eigenvalue weighted by Crippen LogP contribution is 2.23. The first-order valence-corrected chi connectivity index (χ1v) is 5.69. The molecule has 1 aliphatic rings. The van der Waals surface area contributed by atoms with Gasteiger partial charge in [0.05, 0.1) is 12.4 Å². The molecule has 2 rings (SSSR count). The molecule has 1 fully saturated rings. The summed E-state index contributed by atoms with van der Waals surface area (Å²) < 4.78 is 0.822. The Bertz CT molecular complexity index is 390. The molecule has 0 saturated carbocycles. The molecule has 78 valence electrons. The van der Waals surface area contributed by atoms with Gasteiger partial charge < -0.3 is 0 Å². The van der Waals surface area contributed by atoms with Crippen molar-refractivity contribution < 1.29 is 4.79 Å². The molecular formula is C10H10IN3O. The second-order valence-electron chi connectivity index (χ2n) is 3.40. The number of hydrogen-bond acceptors (Lipinski definition) is 3. The van der Waals surface area contributed by atoms with Gasteiger partial charge in [0.1, 0.15) is 3.70 Å². The van der Waals surface area contributed by atoms with Crippen LogP contribution in [-0.2, 0) is 4.79 Å². The molecule has 2 heterocycles. The predicted molar refractivity (Wildman–Crippen MR) is 65.4 cm³/mol. The predicted octanol–water partition coefficient (Wildman–Crippen LogP) is 1.62. The van der Waals surface area contributed by atoms with E-state index in [1.165, 1.54) is 0 Å². The fourth-order valence-electron chi connectivity index (χ4n) is 1.56. The molecule has 1 amide bonds. The maximum atomic E-state index is 11.6. The zero-order valence-electron chi connectivity index (χ0n) is 8.06.